The fourth-order valence-corrected chi connectivity index (χ4v) is 2.54. The molecule has 1 aromatic rings. The Morgan fingerprint density at radius 1 is 1.60 bits per heavy atom. The predicted octanol–water partition coefficient (Wildman–Crippen LogP) is 1.81. The maximum atomic E-state index is 6.13. The van der Waals surface area contributed by atoms with Crippen molar-refractivity contribution >= 4 is 11.3 Å². The molecule has 84 valence electrons. The standard InChI is InChI=1S/C11H19N3S/c1-9-14-10(8-15-9)7-13-6-5-11(12)3-2-4-11/h8,13H,2-7,12H2,1H3. The Morgan fingerprint density at radius 2 is 2.40 bits per heavy atom. The normalized spacial score (nSPS) is 18.8. The van der Waals surface area contributed by atoms with E-state index in [4.69, 9.17) is 5.73 Å². The highest BCUT2D eigenvalue weighted by molar-refractivity contribution is 7.09. The average molecular weight is 225 g/mol. The second kappa shape index (κ2) is 4.60. The van der Waals surface area contributed by atoms with Gasteiger partial charge in [-0.15, -0.1) is 11.3 Å². The number of hydrogen-bond donors (Lipinski definition) is 2. The van der Waals surface area contributed by atoms with Crippen LogP contribution in [0.4, 0.5) is 0 Å². The van der Waals surface area contributed by atoms with Crippen molar-refractivity contribution in [3.63, 3.8) is 0 Å². The summed E-state index contributed by atoms with van der Waals surface area (Å²) in [5.74, 6) is 0. The van der Waals surface area contributed by atoms with Crippen molar-refractivity contribution in [3.05, 3.63) is 16.1 Å². The zero-order valence-corrected chi connectivity index (χ0v) is 10.1. The summed E-state index contributed by atoms with van der Waals surface area (Å²) in [5, 5.41) is 6.66. The van der Waals surface area contributed by atoms with Crippen LogP contribution < -0.4 is 11.1 Å². The van der Waals surface area contributed by atoms with E-state index >= 15 is 0 Å². The lowest BCUT2D eigenvalue weighted by molar-refractivity contribution is 0.229. The lowest BCUT2D eigenvalue weighted by atomic mass is 9.75. The number of thiazole rings is 1. The van der Waals surface area contributed by atoms with Crippen LogP contribution in [-0.2, 0) is 6.54 Å². The Kier molecular flexibility index (Phi) is 3.38. The monoisotopic (exact) mass is 225 g/mol. The number of rotatable bonds is 5. The van der Waals surface area contributed by atoms with Crippen molar-refractivity contribution in [1.82, 2.24) is 10.3 Å². The number of nitrogens with one attached hydrogen (secondary N) is 1. The van der Waals surface area contributed by atoms with Crippen LogP contribution in [0, 0.1) is 6.92 Å². The molecule has 0 aliphatic heterocycles. The molecule has 0 unspecified atom stereocenters. The topological polar surface area (TPSA) is 50.9 Å². The average Bonchev–Trinajstić information content (AvgIpc) is 2.56. The third kappa shape index (κ3) is 3.00. The minimum absolute atomic E-state index is 0.144. The van der Waals surface area contributed by atoms with E-state index in [0.717, 1.165) is 30.2 Å². The van der Waals surface area contributed by atoms with Crippen LogP contribution in [0.1, 0.15) is 36.4 Å². The van der Waals surface area contributed by atoms with Gasteiger partial charge in [0.25, 0.3) is 0 Å². The Bertz CT molecular complexity index is 317. The van der Waals surface area contributed by atoms with Crippen LogP contribution in [0.25, 0.3) is 0 Å². The molecule has 0 saturated heterocycles. The van der Waals surface area contributed by atoms with Crippen LogP contribution in [0.2, 0.25) is 0 Å². The molecule has 0 bridgehead atoms. The molecule has 1 fully saturated rings. The first kappa shape index (κ1) is 11.0. The molecular weight excluding hydrogens is 206 g/mol. The molecule has 1 aromatic heterocycles. The summed E-state index contributed by atoms with van der Waals surface area (Å²) < 4.78 is 0. The summed E-state index contributed by atoms with van der Waals surface area (Å²) in [5.41, 5.74) is 7.43. The minimum Gasteiger partial charge on any atom is -0.325 e. The van der Waals surface area contributed by atoms with Crippen molar-refractivity contribution in [2.24, 2.45) is 5.73 Å². The van der Waals surface area contributed by atoms with Crippen LogP contribution in [0.15, 0.2) is 5.38 Å². The molecular formula is C11H19N3S. The van der Waals surface area contributed by atoms with Gasteiger partial charge in [-0.25, -0.2) is 4.98 Å². The predicted molar refractivity (Wildman–Crippen MR) is 63.9 cm³/mol. The Balaban J connectivity index is 1.63. The molecule has 0 spiro atoms. The van der Waals surface area contributed by atoms with E-state index in [2.05, 4.69) is 15.7 Å². The highest BCUT2D eigenvalue weighted by Crippen LogP contribution is 2.31. The Morgan fingerprint density at radius 3 is 2.93 bits per heavy atom. The largest absolute Gasteiger partial charge is 0.325 e. The van der Waals surface area contributed by atoms with E-state index < -0.39 is 0 Å². The van der Waals surface area contributed by atoms with Crippen molar-refractivity contribution in [1.29, 1.82) is 0 Å². The van der Waals surface area contributed by atoms with E-state index in [1.54, 1.807) is 11.3 Å². The number of hydrogen-bond acceptors (Lipinski definition) is 4. The van der Waals surface area contributed by atoms with Gasteiger partial charge in [0.1, 0.15) is 0 Å². The summed E-state index contributed by atoms with van der Waals surface area (Å²) >= 11 is 1.71. The fourth-order valence-electron chi connectivity index (χ4n) is 1.92. The van der Waals surface area contributed by atoms with Gasteiger partial charge in [-0.05, 0) is 39.2 Å². The van der Waals surface area contributed by atoms with Crippen LogP contribution in [0.3, 0.4) is 0 Å². The van der Waals surface area contributed by atoms with Crippen molar-refractivity contribution in [2.75, 3.05) is 6.54 Å². The van der Waals surface area contributed by atoms with Gasteiger partial charge in [0.2, 0.25) is 0 Å². The first-order chi connectivity index (χ1) is 7.18. The maximum Gasteiger partial charge on any atom is 0.0897 e. The Hall–Kier alpha value is -0.450. The molecule has 1 heterocycles. The van der Waals surface area contributed by atoms with Crippen molar-refractivity contribution in [3.8, 4) is 0 Å². The first-order valence-electron chi connectivity index (χ1n) is 5.59. The van der Waals surface area contributed by atoms with Gasteiger partial charge in [-0.2, -0.15) is 0 Å². The number of aromatic nitrogens is 1. The molecule has 2 rings (SSSR count). The molecule has 1 aliphatic rings. The lowest BCUT2D eigenvalue weighted by Gasteiger charge is -2.38. The van der Waals surface area contributed by atoms with Crippen molar-refractivity contribution in [2.45, 2.75) is 44.7 Å². The summed E-state index contributed by atoms with van der Waals surface area (Å²) in [6.45, 7) is 3.92. The molecule has 1 saturated carbocycles. The maximum absolute atomic E-state index is 6.13. The van der Waals surface area contributed by atoms with Gasteiger partial charge in [-0.3, -0.25) is 0 Å². The van der Waals surface area contributed by atoms with Crippen LogP contribution >= 0.6 is 11.3 Å². The highest BCUT2D eigenvalue weighted by atomic mass is 32.1. The molecule has 3 nitrogen and oxygen atoms in total. The highest BCUT2D eigenvalue weighted by Gasteiger charge is 2.31. The molecule has 3 N–H and O–H groups in total. The molecule has 15 heavy (non-hydrogen) atoms. The van der Waals surface area contributed by atoms with Gasteiger partial charge in [0.05, 0.1) is 10.7 Å². The fraction of sp³-hybridized carbons (Fsp3) is 0.727. The van der Waals surface area contributed by atoms with E-state index in [-0.39, 0.29) is 5.54 Å². The van der Waals surface area contributed by atoms with Crippen molar-refractivity contribution < 1.29 is 0 Å². The quantitative estimate of drug-likeness (QED) is 0.751. The summed E-state index contributed by atoms with van der Waals surface area (Å²) in [6, 6.07) is 0. The van der Waals surface area contributed by atoms with Crippen LogP contribution in [-0.4, -0.2) is 17.1 Å². The number of nitrogens with zero attached hydrogens (tertiary/aromatic N) is 1. The SMILES string of the molecule is Cc1nc(CNCCC2(N)CCC2)cs1. The Labute approximate surface area is 95.1 Å². The first-order valence-corrected chi connectivity index (χ1v) is 6.47. The van der Waals surface area contributed by atoms with Gasteiger partial charge in [-0.1, -0.05) is 0 Å². The smallest absolute Gasteiger partial charge is 0.0897 e. The van der Waals surface area contributed by atoms with Gasteiger partial charge in [0, 0.05) is 17.5 Å². The van der Waals surface area contributed by atoms with Gasteiger partial charge < -0.3 is 11.1 Å². The molecule has 4 heteroatoms. The second-order valence-corrected chi connectivity index (χ2v) is 5.56. The molecule has 1 aliphatic carbocycles. The third-order valence-electron chi connectivity index (χ3n) is 3.12. The zero-order chi connectivity index (χ0) is 10.7. The number of nitrogens with two attached hydrogens (primary N) is 1. The summed E-state index contributed by atoms with van der Waals surface area (Å²) in [4.78, 5) is 4.40. The summed E-state index contributed by atoms with van der Waals surface area (Å²) in [6.07, 6.45) is 4.80. The van der Waals surface area contributed by atoms with Crippen LogP contribution in [0.5, 0.6) is 0 Å². The van der Waals surface area contributed by atoms with E-state index in [1.807, 2.05) is 6.92 Å². The minimum atomic E-state index is 0.144. The zero-order valence-electron chi connectivity index (χ0n) is 9.25. The molecule has 0 amide bonds. The molecule has 0 aromatic carbocycles. The lowest BCUT2D eigenvalue weighted by Crippen LogP contribution is -2.48. The van der Waals surface area contributed by atoms with E-state index in [1.165, 1.54) is 19.3 Å². The molecule has 0 atom stereocenters. The number of aryl methyl sites for hydroxylation is 1. The second-order valence-electron chi connectivity index (χ2n) is 4.50. The molecule has 0 radical (unpaired) electrons. The van der Waals surface area contributed by atoms with Gasteiger partial charge in [0.15, 0.2) is 0 Å². The van der Waals surface area contributed by atoms with Gasteiger partial charge >= 0.3 is 0 Å². The van der Waals surface area contributed by atoms with E-state index in [0.29, 0.717) is 0 Å². The summed E-state index contributed by atoms with van der Waals surface area (Å²) in [7, 11) is 0. The van der Waals surface area contributed by atoms with E-state index in [9.17, 15) is 0 Å². The third-order valence-corrected chi connectivity index (χ3v) is 3.94.